The van der Waals surface area contributed by atoms with Gasteiger partial charge in [0.2, 0.25) is 5.91 Å². The molecule has 6 nitrogen and oxygen atoms in total. The predicted molar refractivity (Wildman–Crippen MR) is 112 cm³/mol. The molecule has 4 fully saturated rings. The van der Waals surface area contributed by atoms with Crippen LogP contribution in [0.3, 0.4) is 0 Å². The van der Waals surface area contributed by atoms with Crippen LogP contribution in [0.2, 0.25) is 0 Å². The largest absolute Gasteiger partial charge is 0.390 e. The molecule has 0 spiro atoms. The Morgan fingerprint density at radius 2 is 1.83 bits per heavy atom. The number of aliphatic hydroxyl groups excluding tert-OH is 1. The normalized spacial score (nSPS) is 37.1. The van der Waals surface area contributed by atoms with E-state index >= 15 is 0 Å². The van der Waals surface area contributed by atoms with E-state index < -0.39 is 6.10 Å². The molecule has 29 heavy (non-hydrogen) atoms. The van der Waals surface area contributed by atoms with Gasteiger partial charge in [-0.25, -0.2) is 0 Å². The highest BCUT2D eigenvalue weighted by Crippen LogP contribution is 2.36. The summed E-state index contributed by atoms with van der Waals surface area (Å²) in [7, 11) is 0. The maximum atomic E-state index is 12.5. The fraction of sp³-hybridized carbons (Fsp3) is 0.957. The molecule has 0 bridgehead atoms. The smallest absolute Gasteiger partial charge is 0.223 e. The quantitative estimate of drug-likeness (QED) is 0.677. The van der Waals surface area contributed by atoms with Crippen molar-refractivity contribution in [2.45, 2.75) is 82.5 Å². The van der Waals surface area contributed by atoms with Gasteiger partial charge in [0.25, 0.3) is 0 Å². The molecule has 2 aliphatic heterocycles. The molecule has 4 unspecified atom stereocenters. The Bertz CT molecular complexity index is 517. The van der Waals surface area contributed by atoms with Crippen LogP contribution >= 0.6 is 0 Å². The van der Waals surface area contributed by atoms with Crippen molar-refractivity contribution in [1.82, 2.24) is 10.2 Å². The molecule has 2 aliphatic carbocycles. The van der Waals surface area contributed by atoms with Crippen LogP contribution < -0.4 is 5.32 Å². The first kappa shape index (κ1) is 21.5. The third-order valence-electron chi connectivity index (χ3n) is 7.67. The molecule has 166 valence electrons. The summed E-state index contributed by atoms with van der Waals surface area (Å²) in [6.07, 6.45) is 11.5. The Labute approximate surface area is 175 Å². The number of nitrogens with zero attached hydrogens (tertiary/aromatic N) is 1. The van der Waals surface area contributed by atoms with Gasteiger partial charge in [-0.3, -0.25) is 4.79 Å². The molecule has 4 aliphatic rings. The zero-order valence-electron chi connectivity index (χ0n) is 17.9. The summed E-state index contributed by atoms with van der Waals surface area (Å²) < 4.78 is 11.5. The van der Waals surface area contributed by atoms with Gasteiger partial charge in [-0.05, 0) is 63.3 Å². The number of amides is 1. The molecular formula is C23H40N2O4. The minimum absolute atomic E-state index is 0.0693. The van der Waals surface area contributed by atoms with Gasteiger partial charge < -0.3 is 24.8 Å². The monoisotopic (exact) mass is 408 g/mol. The first-order valence-electron chi connectivity index (χ1n) is 12.1. The topological polar surface area (TPSA) is 71.0 Å². The van der Waals surface area contributed by atoms with E-state index in [-0.39, 0.29) is 24.0 Å². The van der Waals surface area contributed by atoms with E-state index in [0.717, 1.165) is 70.2 Å². The Hall–Kier alpha value is -0.690. The number of fused-ring (bicyclic) bond motifs is 1. The Morgan fingerprint density at radius 3 is 2.59 bits per heavy atom. The van der Waals surface area contributed by atoms with Crippen LogP contribution in [0.25, 0.3) is 0 Å². The van der Waals surface area contributed by atoms with Crippen LogP contribution in [0.5, 0.6) is 0 Å². The molecule has 0 aromatic heterocycles. The lowest BCUT2D eigenvalue weighted by Crippen LogP contribution is -2.47. The van der Waals surface area contributed by atoms with E-state index in [1.807, 2.05) is 0 Å². The summed E-state index contributed by atoms with van der Waals surface area (Å²) in [6.45, 7) is 4.82. The number of nitrogens with one attached hydrogen (secondary N) is 1. The molecule has 0 aromatic rings. The van der Waals surface area contributed by atoms with Crippen LogP contribution in [0.4, 0.5) is 0 Å². The number of ether oxygens (including phenoxy) is 2. The molecule has 2 saturated carbocycles. The van der Waals surface area contributed by atoms with E-state index in [0.29, 0.717) is 13.1 Å². The van der Waals surface area contributed by atoms with Crippen LogP contribution in [0.15, 0.2) is 0 Å². The minimum Gasteiger partial charge on any atom is -0.390 e. The molecule has 0 aromatic carbocycles. The van der Waals surface area contributed by atoms with Gasteiger partial charge in [0.1, 0.15) is 0 Å². The van der Waals surface area contributed by atoms with Crippen LogP contribution in [-0.4, -0.2) is 73.6 Å². The van der Waals surface area contributed by atoms with Crippen molar-refractivity contribution in [3.8, 4) is 0 Å². The van der Waals surface area contributed by atoms with Crippen molar-refractivity contribution in [3.63, 3.8) is 0 Å². The van der Waals surface area contributed by atoms with E-state index in [2.05, 4.69) is 10.2 Å². The van der Waals surface area contributed by atoms with E-state index in [1.165, 1.54) is 32.1 Å². The van der Waals surface area contributed by atoms with Crippen LogP contribution in [-0.2, 0) is 14.3 Å². The van der Waals surface area contributed by atoms with Crippen molar-refractivity contribution in [2.75, 3.05) is 39.4 Å². The second kappa shape index (κ2) is 10.6. The summed E-state index contributed by atoms with van der Waals surface area (Å²) in [5, 5.41) is 13.5. The highest BCUT2D eigenvalue weighted by atomic mass is 16.5. The molecule has 2 heterocycles. The number of carbonyl (C=O) groups excluding carboxylic acids is 1. The number of hydrogen-bond acceptors (Lipinski definition) is 5. The first-order valence-corrected chi connectivity index (χ1v) is 12.1. The highest BCUT2D eigenvalue weighted by molar-refractivity contribution is 5.78. The fourth-order valence-corrected chi connectivity index (χ4v) is 5.92. The average molecular weight is 409 g/mol. The van der Waals surface area contributed by atoms with Crippen LogP contribution in [0.1, 0.15) is 64.2 Å². The summed E-state index contributed by atoms with van der Waals surface area (Å²) in [4.78, 5) is 15.0. The van der Waals surface area contributed by atoms with E-state index in [4.69, 9.17) is 9.47 Å². The maximum Gasteiger partial charge on any atom is 0.223 e. The van der Waals surface area contributed by atoms with Crippen LogP contribution in [0, 0.1) is 17.8 Å². The van der Waals surface area contributed by atoms with Crippen molar-refractivity contribution in [2.24, 2.45) is 17.8 Å². The molecular weight excluding hydrogens is 368 g/mol. The van der Waals surface area contributed by atoms with Gasteiger partial charge in [0.15, 0.2) is 0 Å². The Kier molecular flexibility index (Phi) is 7.84. The van der Waals surface area contributed by atoms with Gasteiger partial charge in [-0.2, -0.15) is 0 Å². The van der Waals surface area contributed by atoms with Gasteiger partial charge >= 0.3 is 0 Å². The lowest BCUT2D eigenvalue weighted by Gasteiger charge is -2.41. The number of aliphatic hydroxyl groups is 1. The number of carbonyl (C=O) groups is 1. The number of piperidine rings is 1. The SMILES string of the molecule is O=C(NCC(O)CN1CCC2CCCCC2C1)C1CCC(OC2CCOC2)CC1. The molecule has 2 N–H and O–H groups in total. The molecule has 4 atom stereocenters. The number of hydrogen-bond donors (Lipinski definition) is 2. The number of β-amino-alcohol motifs (C(OH)–C–C–N with tert-alkyl or cyclic N) is 1. The lowest BCUT2D eigenvalue weighted by atomic mass is 9.75. The first-order chi connectivity index (χ1) is 14.2. The van der Waals surface area contributed by atoms with E-state index in [9.17, 15) is 9.90 Å². The third kappa shape index (κ3) is 6.16. The van der Waals surface area contributed by atoms with Gasteiger partial charge in [-0.15, -0.1) is 0 Å². The van der Waals surface area contributed by atoms with Crippen molar-refractivity contribution in [1.29, 1.82) is 0 Å². The second-order valence-corrected chi connectivity index (χ2v) is 9.85. The predicted octanol–water partition coefficient (Wildman–Crippen LogP) is 2.34. The molecule has 4 rings (SSSR count). The summed E-state index contributed by atoms with van der Waals surface area (Å²) >= 11 is 0. The molecule has 2 saturated heterocycles. The van der Waals surface area contributed by atoms with E-state index in [1.54, 1.807) is 0 Å². The second-order valence-electron chi connectivity index (χ2n) is 9.85. The average Bonchev–Trinajstić information content (AvgIpc) is 3.25. The van der Waals surface area contributed by atoms with Gasteiger partial charge in [0, 0.05) is 32.2 Å². The van der Waals surface area contributed by atoms with Crippen molar-refractivity contribution >= 4 is 5.91 Å². The summed E-state index contributed by atoms with van der Waals surface area (Å²) in [5.74, 6) is 1.92. The Morgan fingerprint density at radius 1 is 1.03 bits per heavy atom. The zero-order valence-corrected chi connectivity index (χ0v) is 17.9. The summed E-state index contributed by atoms with van der Waals surface area (Å²) in [6, 6.07) is 0. The third-order valence-corrected chi connectivity index (χ3v) is 7.67. The lowest BCUT2D eigenvalue weighted by molar-refractivity contribution is -0.128. The fourth-order valence-electron chi connectivity index (χ4n) is 5.92. The number of likely N-dealkylation sites (tertiary alicyclic amines) is 1. The maximum absolute atomic E-state index is 12.5. The van der Waals surface area contributed by atoms with Gasteiger partial charge in [0.05, 0.1) is 24.9 Å². The highest BCUT2D eigenvalue weighted by Gasteiger charge is 2.32. The number of rotatable bonds is 7. The zero-order chi connectivity index (χ0) is 20.1. The summed E-state index contributed by atoms with van der Waals surface area (Å²) in [5.41, 5.74) is 0. The minimum atomic E-state index is -0.471. The van der Waals surface area contributed by atoms with Crippen molar-refractivity contribution in [3.05, 3.63) is 0 Å². The molecule has 6 heteroatoms. The molecule has 0 radical (unpaired) electrons. The Balaban J connectivity index is 1.11. The molecule has 1 amide bonds. The standard InChI is InChI=1S/C23H40N2O4/c26-20(15-25-11-9-17-3-1-2-4-19(17)14-25)13-24-23(27)18-5-7-21(8-6-18)29-22-10-12-28-16-22/h17-22,26H,1-16H2,(H,24,27). The van der Waals surface area contributed by atoms with Crippen molar-refractivity contribution < 1.29 is 19.4 Å². The van der Waals surface area contributed by atoms with Gasteiger partial charge in [-0.1, -0.05) is 19.3 Å².